The molecule has 13 heavy (non-hydrogen) atoms. The molecule has 0 saturated carbocycles. The van der Waals surface area contributed by atoms with Gasteiger partial charge in [-0.15, -0.1) is 0 Å². The standard InChI is InChI=1S/C11H12O2/c1-3-9(2)13-11(12)10-7-5-4-6-8-10/h3-8H,1-2H3/b9-3+. The van der Waals surface area contributed by atoms with Gasteiger partial charge in [0.2, 0.25) is 0 Å². The van der Waals surface area contributed by atoms with E-state index in [1.807, 2.05) is 25.1 Å². The molecule has 0 N–H and O–H groups in total. The molecule has 1 rings (SSSR count). The zero-order valence-electron chi connectivity index (χ0n) is 7.78. The summed E-state index contributed by atoms with van der Waals surface area (Å²) in [7, 11) is 0. The Kier molecular flexibility index (Phi) is 3.26. The topological polar surface area (TPSA) is 26.3 Å². The van der Waals surface area contributed by atoms with Gasteiger partial charge in [-0.3, -0.25) is 0 Å². The molecule has 2 nitrogen and oxygen atoms in total. The van der Waals surface area contributed by atoms with Crippen LogP contribution in [0, 0.1) is 0 Å². The lowest BCUT2D eigenvalue weighted by atomic mass is 10.2. The minimum atomic E-state index is -0.309. The number of hydrogen-bond donors (Lipinski definition) is 0. The van der Waals surface area contributed by atoms with Crippen molar-refractivity contribution in [1.82, 2.24) is 0 Å². The molecule has 0 amide bonds. The van der Waals surface area contributed by atoms with Gasteiger partial charge in [0.25, 0.3) is 0 Å². The summed E-state index contributed by atoms with van der Waals surface area (Å²) < 4.78 is 5.01. The van der Waals surface area contributed by atoms with E-state index in [4.69, 9.17) is 4.74 Å². The van der Waals surface area contributed by atoms with E-state index in [1.165, 1.54) is 0 Å². The summed E-state index contributed by atoms with van der Waals surface area (Å²) >= 11 is 0. The summed E-state index contributed by atoms with van der Waals surface area (Å²) in [5, 5.41) is 0. The lowest BCUT2D eigenvalue weighted by molar-refractivity contribution is 0.0625. The van der Waals surface area contributed by atoms with Gasteiger partial charge < -0.3 is 4.74 Å². The Hall–Kier alpha value is -1.57. The van der Waals surface area contributed by atoms with Crippen LogP contribution >= 0.6 is 0 Å². The summed E-state index contributed by atoms with van der Waals surface area (Å²) in [5.41, 5.74) is 0.573. The molecule has 2 heteroatoms. The molecule has 0 saturated heterocycles. The molecule has 0 radical (unpaired) electrons. The van der Waals surface area contributed by atoms with E-state index >= 15 is 0 Å². The fourth-order valence-corrected chi connectivity index (χ4v) is 0.838. The van der Waals surface area contributed by atoms with Crippen molar-refractivity contribution in [2.45, 2.75) is 13.8 Å². The van der Waals surface area contributed by atoms with E-state index in [9.17, 15) is 4.79 Å². The SMILES string of the molecule is C/C=C(\C)OC(=O)c1ccccc1. The van der Waals surface area contributed by atoms with Gasteiger partial charge in [-0.1, -0.05) is 18.2 Å². The number of hydrogen-bond acceptors (Lipinski definition) is 2. The first-order valence-corrected chi connectivity index (χ1v) is 4.14. The molecule has 1 aromatic rings. The molecule has 0 fully saturated rings. The van der Waals surface area contributed by atoms with Crippen molar-refractivity contribution in [3.05, 3.63) is 47.7 Å². The van der Waals surface area contributed by atoms with Crippen molar-refractivity contribution < 1.29 is 9.53 Å². The van der Waals surface area contributed by atoms with Gasteiger partial charge in [0, 0.05) is 0 Å². The maximum absolute atomic E-state index is 11.4. The second kappa shape index (κ2) is 4.45. The quantitative estimate of drug-likeness (QED) is 0.511. The second-order valence-corrected chi connectivity index (χ2v) is 2.65. The maximum Gasteiger partial charge on any atom is 0.343 e. The Labute approximate surface area is 77.8 Å². The van der Waals surface area contributed by atoms with Crippen LogP contribution < -0.4 is 0 Å². The molecule has 1 aromatic carbocycles. The van der Waals surface area contributed by atoms with Gasteiger partial charge in [0.05, 0.1) is 5.56 Å². The predicted molar refractivity (Wildman–Crippen MR) is 51.3 cm³/mol. The number of ether oxygens (including phenoxy) is 1. The largest absolute Gasteiger partial charge is 0.428 e. The molecular weight excluding hydrogens is 164 g/mol. The van der Waals surface area contributed by atoms with Crippen LogP contribution in [0.1, 0.15) is 24.2 Å². The Balaban J connectivity index is 2.70. The Bertz CT molecular complexity index is 312. The Morgan fingerprint density at radius 2 is 1.92 bits per heavy atom. The predicted octanol–water partition coefficient (Wildman–Crippen LogP) is 2.77. The van der Waals surface area contributed by atoms with Crippen molar-refractivity contribution in [2.24, 2.45) is 0 Å². The van der Waals surface area contributed by atoms with Gasteiger partial charge in [-0.2, -0.15) is 0 Å². The van der Waals surface area contributed by atoms with E-state index in [0.29, 0.717) is 11.3 Å². The summed E-state index contributed by atoms with van der Waals surface area (Å²) in [5.74, 6) is 0.310. The van der Waals surface area contributed by atoms with Crippen LogP contribution in [0.4, 0.5) is 0 Å². The van der Waals surface area contributed by atoms with Crippen molar-refractivity contribution in [2.75, 3.05) is 0 Å². The molecule has 0 spiro atoms. The highest BCUT2D eigenvalue weighted by molar-refractivity contribution is 5.89. The lowest BCUT2D eigenvalue weighted by Crippen LogP contribution is -2.02. The average Bonchev–Trinajstić information content (AvgIpc) is 2.19. The van der Waals surface area contributed by atoms with Crippen LogP contribution in [-0.2, 0) is 4.74 Å². The second-order valence-electron chi connectivity index (χ2n) is 2.65. The highest BCUT2D eigenvalue weighted by Crippen LogP contribution is 2.04. The Morgan fingerprint density at radius 1 is 1.31 bits per heavy atom. The van der Waals surface area contributed by atoms with Crippen LogP contribution in [0.25, 0.3) is 0 Å². The molecule has 0 aromatic heterocycles. The molecule has 0 aliphatic rings. The van der Waals surface area contributed by atoms with Crippen LogP contribution in [0.5, 0.6) is 0 Å². The summed E-state index contributed by atoms with van der Waals surface area (Å²) in [6.07, 6.45) is 1.75. The lowest BCUT2D eigenvalue weighted by Gasteiger charge is -2.02. The van der Waals surface area contributed by atoms with Crippen molar-refractivity contribution in [3.63, 3.8) is 0 Å². The van der Waals surface area contributed by atoms with Crippen molar-refractivity contribution in [3.8, 4) is 0 Å². The minimum Gasteiger partial charge on any atom is -0.428 e. The van der Waals surface area contributed by atoms with E-state index < -0.39 is 0 Å². The normalized spacial score (nSPS) is 11.1. The third-order valence-corrected chi connectivity index (χ3v) is 1.67. The molecule has 0 heterocycles. The highest BCUT2D eigenvalue weighted by Gasteiger charge is 2.05. The summed E-state index contributed by atoms with van der Waals surface area (Å²) in [6.45, 7) is 3.58. The molecule has 0 unspecified atom stereocenters. The van der Waals surface area contributed by atoms with Crippen LogP contribution in [0.2, 0.25) is 0 Å². The summed E-state index contributed by atoms with van der Waals surface area (Å²) in [6, 6.07) is 8.93. The number of benzene rings is 1. The first-order chi connectivity index (χ1) is 6.24. The molecule has 0 bridgehead atoms. The highest BCUT2D eigenvalue weighted by atomic mass is 16.5. The monoisotopic (exact) mass is 176 g/mol. The maximum atomic E-state index is 11.4. The number of esters is 1. The zero-order chi connectivity index (χ0) is 9.68. The number of carbonyl (C=O) groups excluding carboxylic acids is 1. The third-order valence-electron chi connectivity index (χ3n) is 1.67. The van der Waals surface area contributed by atoms with Gasteiger partial charge in [-0.05, 0) is 32.1 Å². The minimum absolute atomic E-state index is 0.309. The third kappa shape index (κ3) is 2.75. The Morgan fingerprint density at radius 3 is 2.46 bits per heavy atom. The first kappa shape index (κ1) is 9.52. The van der Waals surface area contributed by atoms with Crippen LogP contribution in [0.3, 0.4) is 0 Å². The van der Waals surface area contributed by atoms with E-state index in [-0.39, 0.29) is 5.97 Å². The first-order valence-electron chi connectivity index (χ1n) is 4.14. The van der Waals surface area contributed by atoms with Crippen molar-refractivity contribution in [1.29, 1.82) is 0 Å². The van der Waals surface area contributed by atoms with E-state index in [0.717, 1.165) is 0 Å². The van der Waals surface area contributed by atoms with Crippen LogP contribution in [-0.4, -0.2) is 5.97 Å². The summed E-state index contributed by atoms with van der Waals surface area (Å²) in [4.78, 5) is 11.4. The molecule has 0 aliphatic heterocycles. The van der Waals surface area contributed by atoms with E-state index in [2.05, 4.69) is 0 Å². The van der Waals surface area contributed by atoms with Crippen LogP contribution in [0.15, 0.2) is 42.2 Å². The van der Waals surface area contributed by atoms with Gasteiger partial charge in [0.1, 0.15) is 5.76 Å². The zero-order valence-corrected chi connectivity index (χ0v) is 7.78. The molecule has 68 valence electrons. The number of rotatable bonds is 2. The van der Waals surface area contributed by atoms with Gasteiger partial charge >= 0.3 is 5.97 Å². The van der Waals surface area contributed by atoms with E-state index in [1.54, 1.807) is 25.1 Å². The smallest absolute Gasteiger partial charge is 0.343 e. The average molecular weight is 176 g/mol. The van der Waals surface area contributed by atoms with Gasteiger partial charge in [-0.25, -0.2) is 4.79 Å². The fraction of sp³-hybridized carbons (Fsp3) is 0.182. The molecule has 0 atom stereocenters. The number of carbonyl (C=O) groups is 1. The van der Waals surface area contributed by atoms with Gasteiger partial charge in [0.15, 0.2) is 0 Å². The molecule has 0 aliphatic carbocycles. The number of allylic oxidation sites excluding steroid dienone is 2. The van der Waals surface area contributed by atoms with Crippen molar-refractivity contribution >= 4 is 5.97 Å². The molecular formula is C11H12O2. The fourth-order valence-electron chi connectivity index (χ4n) is 0.838.